The summed E-state index contributed by atoms with van der Waals surface area (Å²) in [5.41, 5.74) is 0.239. The molecule has 0 amide bonds. The van der Waals surface area contributed by atoms with Gasteiger partial charge in [-0.2, -0.15) is 0 Å². The molecule has 1 aromatic rings. The first-order valence-corrected chi connectivity index (χ1v) is 6.99. The number of carbonyl (C=O) groups excluding carboxylic acids is 1. The molecule has 5 heteroatoms. The molecule has 1 heterocycles. The van der Waals surface area contributed by atoms with Gasteiger partial charge in [-0.15, -0.1) is 0 Å². The monoisotopic (exact) mass is 327 g/mol. The fourth-order valence-electron chi connectivity index (χ4n) is 2.41. The van der Waals surface area contributed by atoms with E-state index in [1.165, 1.54) is 0 Å². The van der Waals surface area contributed by atoms with Crippen LogP contribution in [0, 0.1) is 5.41 Å². The molecule has 4 nitrogen and oxygen atoms in total. The van der Waals surface area contributed by atoms with Crippen molar-refractivity contribution in [1.82, 2.24) is 5.32 Å². The lowest BCUT2D eigenvalue weighted by Gasteiger charge is -2.23. The highest BCUT2D eigenvalue weighted by Crippen LogP contribution is 2.40. The number of ketones is 1. The second-order valence-electron chi connectivity index (χ2n) is 4.98. The van der Waals surface area contributed by atoms with Crippen molar-refractivity contribution in [3.63, 3.8) is 0 Å². The van der Waals surface area contributed by atoms with Crippen LogP contribution in [0.1, 0.15) is 23.7 Å². The molecule has 1 saturated heterocycles. The van der Waals surface area contributed by atoms with Gasteiger partial charge in [0.25, 0.3) is 0 Å². The minimum absolute atomic E-state index is 0.109. The van der Waals surface area contributed by atoms with Gasteiger partial charge >= 0.3 is 0 Å². The number of ether oxygens (including phenoxy) is 2. The van der Waals surface area contributed by atoms with Gasteiger partial charge in [0.1, 0.15) is 16.0 Å². The van der Waals surface area contributed by atoms with Gasteiger partial charge in [-0.3, -0.25) is 4.79 Å². The molecule has 104 valence electrons. The number of nitrogens with one attached hydrogen (secondary N) is 1. The lowest BCUT2D eigenvalue weighted by atomic mass is 9.81. The number of rotatable bonds is 4. The van der Waals surface area contributed by atoms with Crippen molar-refractivity contribution in [3.8, 4) is 11.5 Å². The molecule has 0 aliphatic carbocycles. The van der Waals surface area contributed by atoms with Gasteiger partial charge in [0, 0.05) is 12.0 Å². The Bertz CT molecular complexity index is 496. The van der Waals surface area contributed by atoms with Gasteiger partial charge in [-0.1, -0.05) is 6.92 Å². The quantitative estimate of drug-likeness (QED) is 0.864. The second-order valence-corrected chi connectivity index (χ2v) is 5.77. The van der Waals surface area contributed by atoms with Crippen LogP contribution in [0.3, 0.4) is 0 Å². The minimum Gasteiger partial charge on any atom is -0.495 e. The van der Waals surface area contributed by atoms with E-state index in [9.17, 15) is 4.79 Å². The smallest absolute Gasteiger partial charge is 0.173 e. The Morgan fingerprint density at radius 1 is 1.37 bits per heavy atom. The number of benzene rings is 1. The van der Waals surface area contributed by atoms with Gasteiger partial charge in [0.2, 0.25) is 0 Å². The van der Waals surface area contributed by atoms with E-state index in [2.05, 4.69) is 21.2 Å². The second kappa shape index (κ2) is 5.51. The van der Waals surface area contributed by atoms with Crippen LogP contribution in [0.2, 0.25) is 0 Å². The van der Waals surface area contributed by atoms with Gasteiger partial charge in [0.15, 0.2) is 5.78 Å². The van der Waals surface area contributed by atoms with E-state index in [1.54, 1.807) is 26.4 Å². The molecule has 1 aliphatic heterocycles. The van der Waals surface area contributed by atoms with E-state index in [4.69, 9.17) is 9.47 Å². The molecule has 1 aromatic carbocycles. The molecule has 1 unspecified atom stereocenters. The Hall–Kier alpha value is -1.07. The van der Waals surface area contributed by atoms with E-state index in [-0.39, 0.29) is 11.2 Å². The summed E-state index contributed by atoms with van der Waals surface area (Å²) in [6.07, 6.45) is 0.846. The maximum absolute atomic E-state index is 12.7. The van der Waals surface area contributed by atoms with Crippen molar-refractivity contribution in [3.05, 3.63) is 22.2 Å². The fraction of sp³-hybridized carbons (Fsp3) is 0.500. The fourth-order valence-corrected chi connectivity index (χ4v) is 3.08. The number of hydrogen-bond donors (Lipinski definition) is 1. The van der Waals surface area contributed by atoms with Crippen LogP contribution in [0.25, 0.3) is 0 Å². The number of carbonyl (C=O) groups is 1. The third kappa shape index (κ3) is 2.49. The molecular weight excluding hydrogens is 310 g/mol. The zero-order valence-corrected chi connectivity index (χ0v) is 13.0. The number of methoxy groups -OCH3 is 2. The molecule has 2 rings (SSSR count). The van der Waals surface area contributed by atoms with Gasteiger partial charge in [-0.05, 0) is 41.0 Å². The number of hydrogen-bond acceptors (Lipinski definition) is 4. The van der Waals surface area contributed by atoms with E-state index in [1.807, 2.05) is 6.92 Å². The highest BCUT2D eigenvalue weighted by atomic mass is 79.9. The Morgan fingerprint density at radius 2 is 2.11 bits per heavy atom. The summed E-state index contributed by atoms with van der Waals surface area (Å²) >= 11 is 3.43. The van der Waals surface area contributed by atoms with E-state index < -0.39 is 0 Å². The molecule has 0 aromatic heterocycles. The predicted molar refractivity (Wildman–Crippen MR) is 77.2 cm³/mol. The molecule has 0 spiro atoms. The van der Waals surface area contributed by atoms with Gasteiger partial charge < -0.3 is 14.8 Å². The van der Waals surface area contributed by atoms with Crippen molar-refractivity contribution in [1.29, 1.82) is 0 Å². The summed E-state index contributed by atoms with van der Waals surface area (Å²) in [7, 11) is 3.15. The molecule has 0 bridgehead atoms. The van der Waals surface area contributed by atoms with Crippen molar-refractivity contribution in [2.75, 3.05) is 27.3 Å². The van der Waals surface area contributed by atoms with E-state index >= 15 is 0 Å². The zero-order valence-electron chi connectivity index (χ0n) is 11.4. The van der Waals surface area contributed by atoms with Gasteiger partial charge in [0.05, 0.1) is 19.8 Å². The van der Waals surface area contributed by atoms with Crippen LogP contribution in [0.5, 0.6) is 11.5 Å². The molecule has 1 N–H and O–H groups in total. The Balaban J connectivity index is 2.45. The summed E-state index contributed by atoms with van der Waals surface area (Å²) in [5.74, 6) is 1.30. The van der Waals surface area contributed by atoms with Crippen LogP contribution in [0.4, 0.5) is 0 Å². The first-order valence-electron chi connectivity index (χ1n) is 6.19. The predicted octanol–water partition coefficient (Wildman–Crippen LogP) is 2.65. The summed E-state index contributed by atoms with van der Waals surface area (Å²) < 4.78 is 11.3. The van der Waals surface area contributed by atoms with Crippen molar-refractivity contribution >= 4 is 21.7 Å². The summed E-state index contributed by atoms with van der Waals surface area (Å²) in [5, 5.41) is 3.24. The highest BCUT2D eigenvalue weighted by molar-refractivity contribution is 9.10. The Kier molecular flexibility index (Phi) is 4.16. The molecule has 1 atom stereocenters. The van der Waals surface area contributed by atoms with Crippen LogP contribution in [0.15, 0.2) is 16.6 Å². The average molecular weight is 328 g/mol. The molecule has 1 fully saturated rings. The summed E-state index contributed by atoms with van der Waals surface area (Å²) in [6.45, 7) is 3.58. The van der Waals surface area contributed by atoms with Gasteiger partial charge in [-0.25, -0.2) is 0 Å². The molecule has 1 aliphatic rings. The molecule has 19 heavy (non-hydrogen) atoms. The minimum atomic E-state index is -0.360. The standard InChI is InChI=1S/C14H18BrNO3/c1-14(6-7-16-8-14)13(17)9-4-5-10(18-2)11(15)12(9)19-3/h4-5,16H,6-8H2,1-3H3. The average Bonchev–Trinajstić information content (AvgIpc) is 2.85. The Labute approximate surface area is 121 Å². The lowest BCUT2D eigenvalue weighted by molar-refractivity contribution is 0.0836. The SMILES string of the molecule is COc1ccc(C(=O)C2(C)CCNC2)c(OC)c1Br. The largest absolute Gasteiger partial charge is 0.495 e. The maximum Gasteiger partial charge on any atom is 0.173 e. The molecular formula is C14H18BrNO3. The number of Topliss-reactive ketones (excluding diaryl/α,β-unsaturated/α-hetero) is 1. The van der Waals surface area contributed by atoms with E-state index in [0.29, 0.717) is 28.1 Å². The third-order valence-corrected chi connectivity index (χ3v) is 4.40. The Morgan fingerprint density at radius 3 is 2.63 bits per heavy atom. The summed E-state index contributed by atoms with van der Waals surface area (Å²) in [6, 6.07) is 3.56. The van der Waals surface area contributed by atoms with Crippen molar-refractivity contribution < 1.29 is 14.3 Å². The first kappa shape index (κ1) is 14.3. The van der Waals surface area contributed by atoms with Crippen LogP contribution >= 0.6 is 15.9 Å². The maximum atomic E-state index is 12.7. The van der Waals surface area contributed by atoms with E-state index in [0.717, 1.165) is 13.0 Å². The number of halogens is 1. The highest BCUT2D eigenvalue weighted by Gasteiger charge is 2.38. The third-order valence-electron chi connectivity index (χ3n) is 3.65. The van der Waals surface area contributed by atoms with Crippen molar-refractivity contribution in [2.24, 2.45) is 5.41 Å². The lowest BCUT2D eigenvalue weighted by Crippen LogP contribution is -2.30. The topological polar surface area (TPSA) is 47.6 Å². The molecule has 0 saturated carbocycles. The van der Waals surface area contributed by atoms with Crippen LogP contribution < -0.4 is 14.8 Å². The first-order chi connectivity index (χ1) is 9.03. The van der Waals surface area contributed by atoms with Crippen LogP contribution in [-0.2, 0) is 0 Å². The van der Waals surface area contributed by atoms with Crippen LogP contribution in [-0.4, -0.2) is 33.1 Å². The van der Waals surface area contributed by atoms with Crippen molar-refractivity contribution in [2.45, 2.75) is 13.3 Å². The summed E-state index contributed by atoms with van der Waals surface area (Å²) in [4.78, 5) is 12.7. The molecule has 0 radical (unpaired) electrons. The normalized spacial score (nSPS) is 22.3. The zero-order chi connectivity index (χ0) is 14.0.